The van der Waals surface area contributed by atoms with Crippen molar-refractivity contribution in [1.29, 1.82) is 0 Å². The highest BCUT2D eigenvalue weighted by molar-refractivity contribution is 7.91. The van der Waals surface area contributed by atoms with Crippen LogP contribution in [0.25, 0.3) is 0 Å². The number of anilines is 2. The van der Waals surface area contributed by atoms with Crippen LogP contribution in [0.3, 0.4) is 0 Å². The van der Waals surface area contributed by atoms with E-state index < -0.39 is 9.84 Å². The first-order valence-corrected chi connectivity index (χ1v) is 8.66. The number of sulfone groups is 1. The molecule has 3 rings (SSSR count). The smallest absolute Gasteiger partial charge is 0.308 e. The third-order valence-corrected chi connectivity index (χ3v) is 5.40. The topological polar surface area (TPSA) is 66.5 Å². The van der Waals surface area contributed by atoms with Gasteiger partial charge in [-0.3, -0.25) is 4.90 Å². The van der Waals surface area contributed by atoms with Crippen LogP contribution < -0.4 is 10.2 Å². The molecular weight excluding hydrogens is 324 g/mol. The van der Waals surface area contributed by atoms with Crippen molar-refractivity contribution in [2.45, 2.75) is 4.90 Å². The number of halogens is 1. The maximum absolute atomic E-state index is 12.4. The normalized spacial score (nSPS) is 16.0. The Morgan fingerprint density at radius 1 is 1.09 bits per heavy atom. The zero-order chi connectivity index (χ0) is 15.7. The Bertz CT molecular complexity index is 819. The summed E-state index contributed by atoms with van der Waals surface area (Å²) in [5.41, 5.74) is 1.00. The lowest BCUT2D eigenvalue weighted by Gasteiger charge is -2.29. The molecule has 0 saturated heterocycles. The van der Waals surface area contributed by atoms with Crippen LogP contribution in [0.5, 0.6) is 0 Å². The van der Waals surface area contributed by atoms with Crippen LogP contribution in [0.15, 0.2) is 53.4 Å². The summed E-state index contributed by atoms with van der Waals surface area (Å²) in [6, 6.07) is 12.9. The third kappa shape index (κ3) is 2.80. The van der Waals surface area contributed by atoms with Crippen molar-refractivity contribution in [2.24, 2.45) is 0 Å². The summed E-state index contributed by atoms with van der Waals surface area (Å²) < 4.78 is 24.1. The van der Waals surface area contributed by atoms with E-state index >= 15 is 0 Å². The highest BCUT2D eigenvalue weighted by Gasteiger charge is 2.31. The van der Waals surface area contributed by atoms with Gasteiger partial charge in [0, 0.05) is 17.3 Å². The van der Waals surface area contributed by atoms with Crippen LogP contribution in [0.2, 0.25) is 5.02 Å². The van der Waals surface area contributed by atoms with Crippen molar-refractivity contribution in [3.8, 4) is 0 Å². The molecule has 1 heterocycles. The fraction of sp³-hybridized carbons (Fsp3) is 0.133. The van der Waals surface area contributed by atoms with Gasteiger partial charge in [0.25, 0.3) is 0 Å². The Balaban J connectivity index is 1.89. The van der Waals surface area contributed by atoms with Crippen LogP contribution >= 0.6 is 11.6 Å². The van der Waals surface area contributed by atoms with Crippen LogP contribution in [0.4, 0.5) is 16.2 Å². The van der Waals surface area contributed by atoms with E-state index in [2.05, 4.69) is 5.32 Å². The predicted molar refractivity (Wildman–Crippen MR) is 86.3 cm³/mol. The van der Waals surface area contributed by atoms with Crippen LogP contribution in [-0.2, 0) is 9.84 Å². The van der Waals surface area contributed by atoms with Crippen molar-refractivity contribution >= 4 is 38.8 Å². The molecule has 0 spiro atoms. The van der Waals surface area contributed by atoms with E-state index in [1.165, 1.54) is 11.0 Å². The number of hydrogen-bond acceptors (Lipinski definition) is 3. The number of nitrogens with zero attached hydrogens (tertiary/aromatic N) is 1. The number of urea groups is 1. The summed E-state index contributed by atoms with van der Waals surface area (Å²) in [6.07, 6.45) is 0. The fourth-order valence-electron chi connectivity index (χ4n) is 2.32. The van der Waals surface area contributed by atoms with E-state index in [4.69, 9.17) is 11.6 Å². The van der Waals surface area contributed by atoms with E-state index in [0.29, 0.717) is 16.4 Å². The number of amides is 2. The van der Waals surface area contributed by atoms with Crippen molar-refractivity contribution in [3.05, 3.63) is 53.6 Å². The first kappa shape index (κ1) is 14.9. The van der Waals surface area contributed by atoms with E-state index in [1.807, 2.05) is 0 Å². The summed E-state index contributed by atoms with van der Waals surface area (Å²) in [5, 5.41) is 3.32. The molecule has 0 fully saturated rings. The third-order valence-electron chi connectivity index (χ3n) is 3.42. The number of nitrogens with one attached hydrogen (secondary N) is 1. The molecule has 0 unspecified atom stereocenters. The van der Waals surface area contributed by atoms with Crippen LogP contribution in [0.1, 0.15) is 0 Å². The van der Waals surface area contributed by atoms with Gasteiger partial charge in [-0.25, -0.2) is 13.2 Å². The molecule has 2 aromatic carbocycles. The van der Waals surface area contributed by atoms with Gasteiger partial charge in [-0.15, -0.1) is 0 Å². The molecule has 5 nitrogen and oxygen atoms in total. The summed E-state index contributed by atoms with van der Waals surface area (Å²) >= 11 is 5.81. The van der Waals surface area contributed by atoms with Gasteiger partial charge in [0.1, 0.15) is 0 Å². The zero-order valence-corrected chi connectivity index (χ0v) is 13.1. The minimum Gasteiger partial charge on any atom is -0.308 e. The second-order valence-corrected chi connectivity index (χ2v) is 7.39. The predicted octanol–water partition coefficient (Wildman–Crippen LogP) is 3.17. The Labute approximate surface area is 133 Å². The fourth-order valence-corrected chi connectivity index (χ4v) is 3.87. The second-order valence-electron chi connectivity index (χ2n) is 4.88. The highest BCUT2D eigenvalue weighted by atomic mass is 35.5. The standard InChI is InChI=1S/C15H13ClN2O3S/c16-11-5-7-12(8-6-11)17-15(19)18-9-10-22(20,21)14-4-2-1-3-13(14)18/h1-8H,9-10H2,(H,17,19). The van der Waals surface area contributed by atoms with Crippen molar-refractivity contribution in [2.75, 3.05) is 22.5 Å². The van der Waals surface area contributed by atoms with Gasteiger partial charge in [0.15, 0.2) is 9.84 Å². The first-order chi connectivity index (χ1) is 10.5. The van der Waals surface area contributed by atoms with Gasteiger partial charge in [-0.05, 0) is 36.4 Å². The lowest BCUT2D eigenvalue weighted by molar-refractivity contribution is 0.257. The summed E-state index contributed by atoms with van der Waals surface area (Å²) in [6.45, 7) is 0.124. The molecule has 7 heteroatoms. The van der Waals surface area contributed by atoms with Gasteiger partial charge in [0.2, 0.25) is 0 Å². The average molecular weight is 337 g/mol. The molecule has 0 saturated carbocycles. The van der Waals surface area contributed by atoms with Gasteiger partial charge < -0.3 is 5.32 Å². The number of hydrogen-bond donors (Lipinski definition) is 1. The zero-order valence-electron chi connectivity index (χ0n) is 11.5. The summed E-state index contributed by atoms with van der Waals surface area (Å²) in [4.78, 5) is 14.0. The van der Waals surface area contributed by atoms with Crippen LogP contribution in [-0.4, -0.2) is 26.7 Å². The quantitative estimate of drug-likeness (QED) is 0.869. The van der Waals surface area contributed by atoms with Crippen molar-refractivity contribution in [1.82, 2.24) is 0 Å². The first-order valence-electron chi connectivity index (χ1n) is 6.63. The molecular formula is C15H13ClN2O3S. The van der Waals surface area contributed by atoms with Crippen molar-refractivity contribution in [3.63, 3.8) is 0 Å². The monoisotopic (exact) mass is 336 g/mol. The molecule has 1 aliphatic heterocycles. The average Bonchev–Trinajstić information content (AvgIpc) is 2.50. The summed E-state index contributed by atoms with van der Waals surface area (Å²) in [7, 11) is -3.33. The maximum Gasteiger partial charge on any atom is 0.326 e. The van der Waals surface area contributed by atoms with Gasteiger partial charge in [0.05, 0.1) is 16.3 Å². The highest BCUT2D eigenvalue weighted by Crippen LogP contribution is 2.30. The number of fused-ring (bicyclic) bond motifs is 1. The SMILES string of the molecule is O=C(Nc1ccc(Cl)cc1)N1CCS(=O)(=O)c2ccccc21. The molecule has 0 atom stereocenters. The Morgan fingerprint density at radius 3 is 2.50 bits per heavy atom. The number of carbonyl (C=O) groups is 1. The largest absolute Gasteiger partial charge is 0.326 e. The molecule has 2 aromatic rings. The molecule has 0 bridgehead atoms. The van der Waals surface area contributed by atoms with Gasteiger partial charge >= 0.3 is 6.03 Å². The molecule has 114 valence electrons. The second kappa shape index (κ2) is 5.62. The number of para-hydroxylation sites is 1. The number of carbonyl (C=O) groups excluding carboxylic acids is 1. The molecule has 0 radical (unpaired) electrons. The molecule has 1 N–H and O–H groups in total. The Morgan fingerprint density at radius 2 is 1.77 bits per heavy atom. The number of rotatable bonds is 1. The maximum atomic E-state index is 12.4. The number of benzene rings is 2. The Kier molecular flexibility index (Phi) is 3.80. The summed E-state index contributed by atoms with van der Waals surface area (Å²) in [5.74, 6) is -0.0853. The lowest BCUT2D eigenvalue weighted by atomic mass is 10.3. The van der Waals surface area contributed by atoms with E-state index in [1.54, 1.807) is 42.5 Å². The van der Waals surface area contributed by atoms with Gasteiger partial charge in [-0.2, -0.15) is 0 Å². The molecule has 2 amide bonds. The Hall–Kier alpha value is -2.05. The molecule has 1 aliphatic rings. The minimum atomic E-state index is -3.33. The van der Waals surface area contributed by atoms with Gasteiger partial charge in [-0.1, -0.05) is 23.7 Å². The molecule has 22 heavy (non-hydrogen) atoms. The van der Waals surface area contributed by atoms with E-state index in [9.17, 15) is 13.2 Å². The van der Waals surface area contributed by atoms with E-state index in [0.717, 1.165) is 0 Å². The van der Waals surface area contributed by atoms with Crippen LogP contribution in [0, 0.1) is 0 Å². The van der Waals surface area contributed by atoms with Crippen molar-refractivity contribution < 1.29 is 13.2 Å². The molecule has 0 aromatic heterocycles. The van der Waals surface area contributed by atoms with E-state index in [-0.39, 0.29) is 23.2 Å². The molecule has 0 aliphatic carbocycles. The lowest BCUT2D eigenvalue weighted by Crippen LogP contribution is -2.42. The minimum absolute atomic E-state index is 0.0853.